The van der Waals surface area contributed by atoms with Gasteiger partial charge in [-0.2, -0.15) is 0 Å². The van der Waals surface area contributed by atoms with Crippen LogP contribution in [0.2, 0.25) is 0 Å². The highest BCUT2D eigenvalue weighted by Gasteiger charge is 2.33. The van der Waals surface area contributed by atoms with E-state index in [1.165, 1.54) is 12.1 Å². The summed E-state index contributed by atoms with van der Waals surface area (Å²) >= 11 is 0. The van der Waals surface area contributed by atoms with Gasteiger partial charge in [-0.3, -0.25) is 0 Å². The third-order valence-electron chi connectivity index (χ3n) is 3.95. The fraction of sp³-hybridized carbons (Fsp3) is 0.769. The van der Waals surface area contributed by atoms with E-state index in [1.54, 1.807) is 0 Å². The van der Waals surface area contributed by atoms with Crippen LogP contribution in [0.15, 0.2) is 6.20 Å². The van der Waals surface area contributed by atoms with Crippen LogP contribution in [0.25, 0.3) is 0 Å². The van der Waals surface area contributed by atoms with Gasteiger partial charge in [0.05, 0.1) is 5.69 Å². The minimum atomic E-state index is 0.133. The molecule has 94 valence electrons. The highest BCUT2D eigenvalue weighted by molar-refractivity contribution is 5.35. The van der Waals surface area contributed by atoms with Crippen LogP contribution in [0.3, 0.4) is 0 Å². The van der Waals surface area contributed by atoms with Gasteiger partial charge in [-0.05, 0) is 13.0 Å². The first-order valence-electron chi connectivity index (χ1n) is 6.59. The molecule has 0 aromatic carbocycles. The van der Waals surface area contributed by atoms with Crippen molar-refractivity contribution in [1.29, 1.82) is 0 Å². The highest BCUT2D eigenvalue weighted by Crippen LogP contribution is 2.34. The summed E-state index contributed by atoms with van der Waals surface area (Å²) in [7, 11) is 0. The average molecular weight is 234 g/mol. The van der Waals surface area contributed by atoms with Crippen molar-refractivity contribution < 1.29 is 0 Å². The number of rotatable bonds is 0. The third-order valence-corrected chi connectivity index (χ3v) is 3.95. The van der Waals surface area contributed by atoms with Gasteiger partial charge in [0.2, 0.25) is 5.95 Å². The third kappa shape index (κ3) is 1.84. The van der Waals surface area contributed by atoms with E-state index in [0.29, 0.717) is 12.0 Å². The molecule has 1 fully saturated rings. The summed E-state index contributed by atoms with van der Waals surface area (Å²) in [5, 5.41) is 6.94. The molecule has 0 bridgehead atoms. The van der Waals surface area contributed by atoms with Crippen molar-refractivity contribution in [3.05, 3.63) is 11.9 Å². The van der Waals surface area contributed by atoms with Crippen molar-refractivity contribution in [3.8, 4) is 0 Å². The molecular weight excluding hydrogens is 212 g/mol. The van der Waals surface area contributed by atoms with Crippen LogP contribution >= 0.6 is 0 Å². The molecule has 3 rings (SSSR count). The van der Waals surface area contributed by atoms with Crippen LogP contribution in [0.4, 0.5) is 5.95 Å². The maximum Gasteiger partial charge on any atom is 0.203 e. The van der Waals surface area contributed by atoms with Crippen LogP contribution in [-0.2, 0) is 5.41 Å². The summed E-state index contributed by atoms with van der Waals surface area (Å²) in [6.07, 6.45) is 3.48. The molecule has 4 nitrogen and oxygen atoms in total. The van der Waals surface area contributed by atoms with Crippen LogP contribution in [-0.4, -0.2) is 29.2 Å². The van der Waals surface area contributed by atoms with Crippen LogP contribution in [0, 0.1) is 5.92 Å². The minimum absolute atomic E-state index is 0.133. The normalized spacial score (nSPS) is 28.2. The van der Waals surface area contributed by atoms with E-state index >= 15 is 0 Å². The predicted octanol–water partition coefficient (Wildman–Crippen LogP) is 1.76. The molecule has 0 spiro atoms. The smallest absolute Gasteiger partial charge is 0.203 e. The largest absolute Gasteiger partial charge is 0.355 e. The first-order chi connectivity index (χ1) is 8.05. The number of piperidine rings is 1. The Morgan fingerprint density at radius 3 is 2.94 bits per heavy atom. The van der Waals surface area contributed by atoms with E-state index in [-0.39, 0.29) is 5.41 Å². The summed E-state index contributed by atoms with van der Waals surface area (Å²) < 4.78 is 2.37. The highest BCUT2D eigenvalue weighted by atomic mass is 15.3. The van der Waals surface area contributed by atoms with Gasteiger partial charge in [-0.25, -0.2) is 4.98 Å². The fourth-order valence-electron chi connectivity index (χ4n) is 2.84. The van der Waals surface area contributed by atoms with Crippen molar-refractivity contribution in [2.75, 3.05) is 25.0 Å². The van der Waals surface area contributed by atoms with E-state index in [9.17, 15) is 0 Å². The number of fused-ring (bicyclic) bond motifs is 3. The second kappa shape index (κ2) is 3.73. The molecule has 0 amide bonds. The lowest BCUT2D eigenvalue weighted by Crippen LogP contribution is -2.44. The molecule has 1 saturated heterocycles. The number of hydrogen-bond acceptors (Lipinski definition) is 3. The molecule has 2 N–H and O–H groups in total. The molecule has 0 saturated carbocycles. The second-order valence-electron chi connectivity index (χ2n) is 6.31. The predicted molar refractivity (Wildman–Crippen MR) is 69.4 cm³/mol. The van der Waals surface area contributed by atoms with Crippen molar-refractivity contribution >= 4 is 5.95 Å². The Kier molecular flexibility index (Phi) is 2.43. The van der Waals surface area contributed by atoms with Gasteiger partial charge in [-0.1, -0.05) is 20.8 Å². The Hall–Kier alpha value is -1.03. The molecular formula is C13H22N4. The minimum Gasteiger partial charge on any atom is -0.355 e. The monoisotopic (exact) mass is 234 g/mol. The van der Waals surface area contributed by atoms with Gasteiger partial charge in [0, 0.05) is 36.7 Å². The van der Waals surface area contributed by atoms with Crippen LogP contribution in [0.1, 0.15) is 38.9 Å². The molecule has 2 atom stereocenters. The average Bonchev–Trinajstić information content (AvgIpc) is 2.72. The van der Waals surface area contributed by atoms with E-state index in [4.69, 9.17) is 4.98 Å². The molecule has 1 aromatic heterocycles. The molecule has 4 heteroatoms. The first-order valence-corrected chi connectivity index (χ1v) is 6.59. The zero-order valence-electron chi connectivity index (χ0n) is 11.0. The van der Waals surface area contributed by atoms with Crippen molar-refractivity contribution in [2.45, 2.75) is 38.6 Å². The standard InChI is InChI=1S/C13H22N4/c1-13(2,3)11-8-17-10-4-5-14-6-9(10)7-15-12(17)16-11/h8-10,14H,4-7H2,1-3H3,(H,15,16). The molecule has 0 aliphatic carbocycles. The lowest BCUT2D eigenvalue weighted by molar-refractivity contribution is 0.254. The maximum absolute atomic E-state index is 4.74. The number of nitrogens with one attached hydrogen (secondary N) is 2. The van der Waals surface area contributed by atoms with Crippen molar-refractivity contribution in [3.63, 3.8) is 0 Å². The summed E-state index contributed by atoms with van der Waals surface area (Å²) in [5.74, 6) is 1.77. The van der Waals surface area contributed by atoms with Gasteiger partial charge in [0.1, 0.15) is 0 Å². The SMILES string of the molecule is CC(C)(C)c1cn2c(n1)NCC1CNCCC12. The van der Waals surface area contributed by atoms with Crippen LogP contribution in [0.5, 0.6) is 0 Å². The summed E-state index contributed by atoms with van der Waals surface area (Å²) in [4.78, 5) is 4.74. The Labute approximate surface area is 103 Å². The zero-order valence-corrected chi connectivity index (χ0v) is 11.0. The zero-order chi connectivity index (χ0) is 12.0. The van der Waals surface area contributed by atoms with Gasteiger partial charge >= 0.3 is 0 Å². The first kappa shape index (κ1) is 11.1. The summed E-state index contributed by atoms with van der Waals surface area (Å²) in [6.45, 7) is 9.98. The lowest BCUT2D eigenvalue weighted by atomic mass is 9.91. The van der Waals surface area contributed by atoms with Crippen molar-refractivity contribution in [2.24, 2.45) is 5.92 Å². The van der Waals surface area contributed by atoms with Gasteiger partial charge in [0.25, 0.3) is 0 Å². The molecule has 2 aliphatic heterocycles. The molecule has 17 heavy (non-hydrogen) atoms. The number of imidazole rings is 1. The Bertz CT molecular complexity index is 416. The number of hydrogen-bond donors (Lipinski definition) is 2. The summed E-state index contributed by atoms with van der Waals surface area (Å²) in [6, 6.07) is 0.635. The number of aromatic nitrogens is 2. The Morgan fingerprint density at radius 2 is 2.18 bits per heavy atom. The maximum atomic E-state index is 4.74. The van der Waals surface area contributed by atoms with Crippen LogP contribution < -0.4 is 10.6 Å². The van der Waals surface area contributed by atoms with Gasteiger partial charge in [0.15, 0.2) is 0 Å². The van der Waals surface area contributed by atoms with Gasteiger partial charge in [-0.15, -0.1) is 0 Å². The topological polar surface area (TPSA) is 41.9 Å². The molecule has 3 heterocycles. The van der Waals surface area contributed by atoms with E-state index in [2.05, 4.69) is 42.2 Å². The number of nitrogens with zero attached hydrogens (tertiary/aromatic N) is 2. The van der Waals surface area contributed by atoms with Gasteiger partial charge < -0.3 is 15.2 Å². The van der Waals surface area contributed by atoms with E-state index in [0.717, 1.165) is 25.6 Å². The molecule has 0 radical (unpaired) electrons. The second-order valence-corrected chi connectivity index (χ2v) is 6.31. The molecule has 2 aliphatic rings. The fourth-order valence-corrected chi connectivity index (χ4v) is 2.84. The van der Waals surface area contributed by atoms with Crippen molar-refractivity contribution in [1.82, 2.24) is 14.9 Å². The molecule has 2 unspecified atom stereocenters. The lowest BCUT2D eigenvalue weighted by Gasteiger charge is -2.37. The Balaban J connectivity index is 1.96. The summed E-state index contributed by atoms with van der Waals surface area (Å²) in [5.41, 5.74) is 1.33. The van der Waals surface area contributed by atoms with E-state index < -0.39 is 0 Å². The molecule has 1 aromatic rings. The Morgan fingerprint density at radius 1 is 1.35 bits per heavy atom. The van der Waals surface area contributed by atoms with E-state index in [1.807, 2.05) is 0 Å². The number of anilines is 1. The quantitative estimate of drug-likeness (QED) is 0.718.